The van der Waals surface area contributed by atoms with Crippen molar-refractivity contribution in [2.75, 3.05) is 5.32 Å². The van der Waals surface area contributed by atoms with Crippen LogP contribution in [0.5, 0.6) is 0 Å². The monoisotopic (exact) mass is 292 g/mol. The molecular formula is C18H16N2O2. The molecule has 3 rings (SSSR count). The van der Waals surface area contributed by atoms with Gasteiger partial charge in [0.25, 0.3) is 5.91 Å². The molecule has 22 heavy (non-hydrogen) atoms. The SMILES string of the molecule is Cc1ccc(NC(=O)c2c(-c3ccccc3)noc2C)cc1. The molecule has 1 amide bonds. The highest BCUT2D eigenvalue weighted by atomic mass is 16.5. The highest BCUT2D eigenvalue weighted by molar-refractivity contribution is 6.08. The number of nitrogens with zero attached hydrogens (tertiary/aromatic N) is 1. The number of amides is 1. The molecular weight excluding hydrogens is 276 g/mol. The van der Waals surface area contributed by atoms with Crippen LogP contribution >= 0.6 is 0 Å². The summed E-state index contributed by atoms with van der Waals surface area (Å²) >= 11 is 0. The first-order valence-corrected chi connectivity index (χ1v) is 7.05. The maximum absolute atomic E-state index is 12.6. The van der Waals surface area contributed by atoms with Gasteiger partial charge in [0.2, 0.25) is 0 Å². The molecule has 0 unspecified atom stereocenters. The average molecular weight is 292 g/mol. The highest BCUT2D eigenvalue weighted by Gasteiger charge is 2.21. The van der Waals surface area contributed by atoms with Crippen molar-refractivity contribution in [3.63, 3.8) is 0 Å². The van der Waals surface area contributed by atoms with Crippen LogP contribution in [-0.4, -0.2) is 11.1 Å². The zero-order chi connectivity index (χ0) is 15.5. The standard InChI is InChI=1S/C18H16N2O2/c1-12-8-10-15(11-9-12)19-18(21)16-13(2)22-20-17(16)14-6-4-3-5-7-14/h3-11H,1-2H3,(H,19,21). The van der Waals surface area contributed by atoms with E-state index in [2.05, 4.69) is 10.5 Å². The van der Waals surface area contributed by atoms with Gasteiger partial charge in [-0.3, -0.25) is 4.79 Å². The first-order chi connectivity index (χ1) is 10.6. The molecule has 0 atom stereocenters. The molecule has 0 saturated heterocycles. The number of aryl methyl sites for hydroxylation is 2. The van der Waals surface area contributed by atoms with Crippen LogP contribution < -0.4 is 5.32 Å². The molecule has 1 aromatic heterocycles. The second-order valence-corrected chi connectivity index (χ2v) is 5.15. The number of hydrogen-bond acceptors (Lipinski definition) is 3. The minimum Gasteiger partial charge on any atom is -0.360 e. The lowest BCUT2D eigenvalue weighted by molar-refractivity contribution is 0.102. The molecule has 4 heteroatoms. The molecule has 0 fully saturated rings. The van der Waals surface area contributed by atoms with E-state index in [9.17, 15) is 4.79 Å². The Balaban J connectivity index is 1.93. The van der Waals surface area contributed by atoms with Gasteiger partial charge in [0.15, 0.2) is 0 Å². The second kappa shape index (κ2) is 5.85. The van der Waals surface area contributed by atoms with E-state index in [0.717, 1.165) is 16.8 Å². The molecule has 0 aliphatic rings. The molecule has 3 aromatic rings. The van der Waals surface area contributed by atoms with Gasteiger partial charge in [0, 0.05) is 11.3 Å². The van der Waals surface area contributed by atoms with Crippen molar-refractivity contribution in [3.05, 3.63) is 71.5 Å². The third kappa shape index (κ3) is 2.76. The van der Waals surface area contributed by atoms with Crippen molar-refractivity contribution in [1.29, 1.82) is 0 Å². The van der Waals surface area contributed by atoms with Crippen LogP contribution in [0.4, 0.5) is 5.69 Å². The first-order valence-electron chi connectivity index (χ1n) is 7.05. The fourth-order valence-electron chi connectivity index (χ4n) is 2.26. The number of hydrogen-bond donors (Lipinski definition) is 1. The Morgan fingerprint density at radius 2 is 1.68 bits per heavy atom. The van der Waals surface area contributed by atoms with Crippen molar-refractivity contribution < 1.29 is 9.32 Å². The Bertz CT molecular complexity index is 790. The molecule has 0 aliphatic carbocycles. The van der Waals surface area contributed by atoms with Gasteiger partial charge in [-0.25, -0.2) is 0 Å². The Morgan fingerprint density at radius 1 is 1.00 bits per heavy atom. The summed E-state index contributed by atoms with van der Waals surface area (Å²) in [5.74, 6) is 0.282. The van der Waals surface area contributed by atoms with Gasteiger partial charge >= 0.3 is 0 Å². The summed E-state index contributed by atoms with van der Waals surface area (Å²) in [5, 5.41) is 6.91. The molecule has 4 nitrogen and oxygen atoms in total. The lowest BCUT2D eigenvalue weighted by Gasteiger charge is -2.06. The van der Waals surface area contributed by atoms with E-state index < -0.39 is 0 Å². The summed E-state index contributed by atoms with van der Waals surface area (Å²) in [7, 11) is 0. The van der Waals surface area contributed by atoms with E-state index in [1.54, 1.807) is 6.92 Å². The van der Waals surface area contributed by atoms with Gasteiger partial charge in [-0.05, 0) is 26.0 Å². The van der Waals surface area contributed by atoms with Crippen molar-refractivity contribution in [2.45, 2.75) is 13.8 Å². The minimum absolute atomic E-state index is 0.221. The summed E-state index contributed by atoms with van der Waals surface area (Å²) < 4.78 is 5.22. The smallest absolute Gasteiger partial charge is 0.261 e. The van der Waals surface area contributed by atoms with Gasteiger partial charge in [0.1, 0.15) is 17.0 Å². The predicted octanol–water partition coefficient (Wildman–Crippen LogP) is 4.21. The molecule has 2 aromatic carbocycles. The van der Waals surface area contributed by atoms with Gasteiger partial charge in [-0.15, -0.1) is 0 Å². The van der Waals surface area contributed by atoms with Crippen molar-refractivity contribution in [2.24, 2.45) is 0 Å². The fraction of sp³-hybridized carbons (Fsp3) is 0.111. The predicted molar refractivity (Wildman–Crippen MR) is 85.8 cm³/mol. The highest BCUT2D eigenvalue weighted by Crippen LogP contribution is 2.26. The number of aromatic nitrogens is 1. The summed E-state index contributed by atoms with van der Waals surface area (Å²) in [6, 6.07) is 17.2. The average Bonchev–Trinajstić information content (AvgIpc) is 2.92. The second-order valence-electron chi connectivity index (χ2n) is 5.15. The van der Waals surface area contributed by atoms with Gasteiger partial charge in [-0.1, -0.05) is 53.2 Å². The summed E-state index contributed by atoms with van der Waals surface area (Å²) in [6.45, 7) is 3.74. The molecule has 0 bridgehead atoms. The molecule has 0 aliphatic heterocycles. The minimum atomic E-state index is -0.221. The molecule has 0 radical (unpaired) electrons. The fourth-order valence-corrected chi connectivity index (χ4v) is 2.26. The van der Waals surface area contributed by atoms with Gasteiger partial charge in [-0.2, -0.15) is 0 Å². The van der Waals surface area contributed by atoms with Gasteiger partial charge < -0.3 is 9.84 Å². The van der Waals surface area contributed by atoms with Crippen molar-refractivity contribution >= 4 is 11.6 Å². The lowest BCUT2D eigenvalue weighted by Crippen LogP contribution is -2.13. The van der Waals surface area contributed by atoms with Crippen LogP contribution in [0.1, 0.15) is 21.7 Å². The van der Waals surface area contributed by atoms with E-state index in [1.165, 1.54) is 0 Å². The van der Waals surface area contributed by atoms with E-state index >= 15 is 0 Å². The van der Waals surface area contributed by atoms with Gasteiger partial charge in [0.05, 0.1) is 0 Å². The van der Waals surface area contributed by atoms with Crippen LogP contribution in [0, 0.1) is 13.8 Å². The molecule has 1 heterocycles. The maximum atomic E-state index is 12.6. The zero-order valence-corrected chi connectivity index (χ0v) is 12.5. The zero-order valence-electron chi connectivity index (χ0n) is 12.5. The first kappa shape index (κ1) is 14.1. The molecule has 0 spiro atoms. The maximum Gasteiger partial charge on any atom is 0.261 e. The third-order valence-corrected chi connectivity index (χ3v) is 3.45. The van der Waals surface area contributed by atoms with E-state index in [0.29, 0.717) is 17.0 Å². The normalized spacial score (nSPS) is 10.5. The van der Waals surface area contributed by atoms with Crippen LogP contribution in [-0.2, 0) is 0 Å². The Labute approximate surface area is 128 Å². The Kier molecular flexibility index (Phi) is 3.74. The largest absolute Gasteiger partial charge is 0.360 e. The molecule has 110 valence electrons. The Morgan fingerprint density at radius 3 is 2.36 bits per heavy atom. The number of benzene rings is 2. The molecule has 0 saturated carbocycles. The lowest BCUT2D eigenvalue weighted by atomic mass is 10.1. The summed E-state index contributed by atoms with van der Waals surface area (Å²) in [5.41, 5.74) is 3.77. The topological polar surface area (TPSA) is 55.1 Å². The van der Waals surface area contributed by atoms with E-state index in [-0.39, 0.29) is 5.91 Å². The van der Waals surface area contributed by atoms with E-state index in [4.69, 9.17) is 4.52 Å². The number of carbonyl (C=O) groups is 1. The van der Waals surface area contributed by atoms with Crippen LogP contribution in [0.3, 0.4) is 0 Å². The number of nitrogens with one attached hydrogen (secondary N) is 1. The van der Waals surface area contributed by atoms with E-state index in [1.807, 2.05) is 61.5 Å². The Hall–Kier alpha value is -2.88. The number of anilines is 1. The van der Waals surface area contributed by atoms with Crippen LogP contribution in [0.15, 0.2) is 59.1 Å². The van der Waals surface area contributed by atoms with Crippen molar-refractivity contribution in [3.8, 4) is 11.3 Å². The summed E-state index contributed by atoms with van der Waals surface area (Å²) in [6.07, 6.45) is 0. The van der Waals surface area contributed by atoms with Crippen LogP contribution in [0.25, 0.3) is 11.3 Å². The van der Waals surface area contributed by atoms with Crippen molar-refractivity contribution in [1.82, 2.24) is 5.16 Å². The number of rotatable bonds is 3. The third-order valence-electron chi connectivity index (χ3n) is 3.45. The summed E-state index contributed by atoms with van der Waals surface area (Å²) in [4.78, 5) is 12.6. The van der Waals surface area contributed by atoms with Crippen LogP contribution in [0.2, 0.25) is 0 Å². The number of carbonyl (C=O) groups excluding carboxylic acids is 1. The quantitative estimate of drug-likeness (QED) is 0.786. The molecule has 1 N–H and O–H groups in total.